The molecule has 4 heteroatoms. The van der Waals surface area contributed by atoms with Crippen LogP contribution in [0.15, 0.2) is 54.7 Å². The maximum Gasteiger partial charge on any atom is 0.255 e. The van der Waals surface area contributed by atoms with Gasteiger partial charge in [-0.2, -0.15) is 0 Å². The SMILES string of the molecule is Cn1cc([C@@H]2c3ccccc3C(=O)N2C[C@H]2CCCO2)c2ccccc21. The van der Waals surface area contributed by atoms with E-state index in [1.807, 2.05) is 23.1 Å². The monoisotopic (exact) mass is 346 g/mol. The van der Waals surface area contributed by atoms with Gasteiger partial charge in [-0.25, -0.2) is 0 Å². The van der Waals surface area contributed by atoms with Crippen molar-refractivity contribution in [3.8, 4) is 0 Å². The number of aryl methyl sites for hydroxylation is 1. The molecule has 1 aromatic heterocycles. The quantitative estimate of drug-likeness (QED) is 0.721. The van der Waals surface area contributed by atoms with Crippen LogP contribution in [0.2, 0.25) is 0 Å². The van der Waals surface area contributed by atoms with Crippen molar-refractivity contribution in [3.05, 3.63) is 71.4 Å². The van der Waals surface area contributed by atoms with Gasteiger partial charge in [-0.05, 0) is 30.5 Å². The van der Waals surface area contributed by atoms with E-state index in [0.29, 0.717) is 6.54 Å². The van der Waals surface area contributed by atoms with Crippen molar-refractivity contribution >= 4 is 16.8 Å². The third-order valence-corrected chi connectivity index (χ3v) is 5.71. The number of amides is 1. The second-order valence-electron chi connectivity index (χ2n) is 7.29. The Balaban J connectivity index is 1.66. The highest BCUT2D eigenvalue weighted by Crippen LogP contribution is 2.42. The molecule has 1 saturated heterocycles. The van der Waals surface area contributed by atoms with Gasteiger partial charge < -0.3 is 14.2 Å². The molecule has 5 rings (SSSR count). The molecule has 0 saturated carbocycles. The summed E-state index contributed by atoms with van der Waals surface area (Å²) < 4.78 is 7.99. The van der Waals surface area contributed by atoms with Crippen LogP contribution >= 0.6 is 0 Å². The molecule has 132 valence electrons. The lowest BCUT2D eigenvalue weighted by Gasteiger charge is -2.27. The lowest BCUT2D eigenvalue weighted by atomic mass is 9.97. The number of ether oxygens (including phenoxy) is 1. The molecule has 2 aliphatic heterocycles. The van der Waals surface area contributed by atoms with E-state index < -0.39 is 0 Å². The van der Waals surface area contributed by atoms with E-state index in [0.717, 1.165) is 30.6 Å². The van der Waals surface area contributed by atoms with E-state index in [2.05, 4.69) is 48.1 Å². The minimum atomic E-state index is -0.0472. The minimum Gasteiger partial charge on any atom is -0.376 e. The number of para-hydroxylation sites is 1. The van der Waals surface area contributed by atoms with Crippen molar-refractivity contribution in [3.63, 3.8) is 0 Å². The van der Waals surface area contributed by atoms with Gasteiger partial charge >= 0.3 is 0 Å². The zero-order valence-corrected chi connectivity index (χ0v) is 14.9. The molecule has 2 aliphatic rings. The van der Waals surface area contributed by atoms with Gasteiger partial charge in [0.15, 0.2) is 0 Å². The Hall–Kier alpha value is -2.59. The van der Waals surface area contributed by atoms with Gasteiger partial charge in [-0.3, -0.25) is 4.79 Å². The Morgan fingerprint density at radius 2 is 1.88 bits per heavy atom. The number of hydrogen-bond donors (Lipinski definition) is 0. The Labute approximate surface area is 153 Å². The Morgan fingerprint density at radius 3 is 2.73 bits per heavy atom. The van der Waals surface area contributed by atoms with Crippen LogP contribution in [0.4, 0.5) is 0 Å². The highest BCUT2D eigenvalue weighted by molar-refractivity contribution is 6.00. The maximum atomic E-state index is 13.2. The van der Waals surface area contributed by atoms with Crippen LogP contribution in [0.25, 0.3) is 10.9 Å². The lowest BCUT2D eigenvalue weighted by Crippen LogP contribution is -2.35. The van der Waals surface area contributed by atoms with E-state index in [-0.39, 0.29) is 18.1 Å². The van der Waals surface area contributed by atoms with Crippen molar-refractivity contribution in [2.24, 2.45) is 7.05 Å². The van der Waals surface area contributed by atoms with E-state index in [1.165, 1.54) is 16.5 Å². The molecule has 26 heavy (non-hydrogen) atoms. The van der Waals surface area contributed by atoms with Gasteiger partial charge in [0.1, 0.15) is 0 Å². The molecule has 1 fully saturated rings. The fourth-order valence-electron chi connectivity index (χ4n) is 4.49. The zero-order chi connectivity index (χ0) is 17.7. The first-order valence-electron chi connectivity index (χ1n) is 9.29. The van der Waals surface area contributed by atoms with Gasteiger partial charge in [-0.15, -0.1) is 0 Å². The molecular weight excluding hydrogens is 324 g/mol. The second kappa shape index (κ2) is 5.99. The van der Waals surface area contributed by atoms with Crippen molar-refractivity contribution in [1.29, 1.82) is 0 Å². The molecule has 0 N–H and O–H groups in total. The van der Waals surface area contributed by atoms with E-state index in [4.69, 9.17) is 4.74 Å². The van der Waals surface area contributed by atoms with Gasteiger partial charge in [0, 0.05) is 48.4 Å². The number of benzene rings is 2. The van der Waals surface area contributed by atoms with Crippen molar-refractivity contribution in [2.75, 3.05) is 13.2 Å². The highest BCUT2D eigenvalue weighted by atomic mass is 16.5. The van der Waals surface area contributed by atoms with Crippen LogP contribution in [0.3, 0.4) is 0 Å². The predicted molar refractivity (Wildman–Crippen MR) is 101 cm³/mol. The summed E-state index contributed by atoms with van der Waals surface area (Å²) in [5, 5.41) is 1.21. The Morgan fingerprint density at radius 1 is 1.08 bits per heavy atom. The molecule has 3 aromatic rings. The standard InChI is InChI=1S/C22H22N2O2/c1-23-14-19(16-8-4-5-11-20(16)23)21-17-9-2-3-10-18(17)22(25)24(21)13-15-7-6-12-26-15/h2-5,8-11,14-15,21H,6-7,12-13H2,1H3/t15-,21+/m1/s1. The molecule has 2 atom stereocenters. The third kappa shape index (κ3) is 2.29. The molecule has 3 heterocycles. The molecule has 0 bridgehead atoms. The third-order valence-electron chi connectivity index (χ3n) is 5.71. The summed E-state index contributed by atoms with van der Waals surface area (Å²) >= 11 is 0. The van der Waals surface area contributed by atoms with Crippen LogP contribution < -0.4 is 0 Å². The fraction of sp³-hybridized carbons (Fsp3) is 0.318. The summed E-state index contributed by atoms with van der Waals surface area (Å²) in [6, 6.07) is 16.4. The van der Waals surface area contributed by atoms with Gasteiger partial charge in [0.05, 0.1) is 12.1 Å². The first kappa shape index (κ1) is 15.6. The Kier molecular flexibility index (Phi) is 3.61. The molecule has 0 spiro atoms. The lowest BCUT2D eigenvalue weighted by molar-refractivity contribution is 0.0500. The summed E-state index contributed by atoms with van der Waals surface area (Å²) in [6.45, 7) is 1.46. The topological polar surface area (TPSA) is 34.5 Å². The minimum absolute atomic E-state index is 0.0472. The first-order chi connectivity index (χ1) is 12.7. The molecule has 0 unspecified atom stereocenters. The summed E-state index contributed by atoms with van der Waals surface area (Å²) in [5.74, 6) is 0.119. The number of carbonyl (C=O) groups is 1. The molecule has 1 amide bonds. The van der Waals surface area contributed by atoms with Crippen LogP contribution in [-0.4, -0.2) is 34.6 Å². The number of fused-ring (bicyclic) bond motifs is 2. The summed E-state index contributed by atoms with van der Waals surface area (Å²) in [5.41, 5.74) is 4.31. The molecule has 2 aromatic carbocycles. The van der Waals surface area contributed by atoms with Crippen LogP contribution in [0.1, 0.15) is 40.4 Å². The zero-order valence-electron chi connectivity index (χ0n) is 14.9. The number of rotatable bonds is 3. The predicted octanol–water partition coefficient (Wildman–Crippen LogP) is 3.90. The summed E-state index contributed by atoms with van der Waals surface area (Å²) in [4.78, 5) is 15.2. The van der Waals surface area contributed by atoms with E-state index >= 15 is 0 Å². The van der Waals surface area contributed by atoms with E-state index in [9.17, 15) is 4.79 Å². The number of carbonyl (C=O) groups excluding carboxylic acids is 1. The first-order valence-corrected chi connectivity index (χ1v) is 9.29. The van der Waals surface area contributed by atoms with Crippen molar-refractivity contribution in [2.45, 2.75) is 25.0 Å². The average molecular weight is 346 g/mol. The van der Waals surface area contributed by atoms with Gasteiger partial charge in [0.25, 0.3) is 5.91 Å². The maximum absolute atomic E-state index is 13.2. The summed E-state index contributed by atoms with van der Waals surface area (Å²) in [7, 11) is 2.07. The average Bonchev–Trinajstić information content (AvgIpc) is 3.36. The van der Waals surface area contributed by atoms with Gasteiger partial charge in [-0.1, -0.05) is 36.4 Å². The molecule has 0 aliphatic carbocycles. The Bertz CT molecular complexity index is 985. The summed E-state index contributed by atoms with van der Waals surface area (Å²) in [6.07, 6.45) is 4.43. The number of nitrogens with zero attached hydrogens (tertiary/aromatic N) is 2. The van der Waals surface area contributed by atoms with Crippen LogP contribution in [0, 0.1) is 0 Å². The van der Waals surface area contributed by atoms with Crippen molar-refractivity contribution in [1.82, 2.24) is 9.47 Å². The number of hydrogen-bond acceptors (Lipinski definition) is 2. The molecule has 0 radical (unpaired) electrons. The smallest absolute Gasteiger partial charge is 0.255 e. The van der Waals surface area contributed by atoms with Crippen molar-refractivity contribution < 1.29 is 9.53 Å². The molecule has 4 nitrogen and oxygen atoms in total. The highest BCUT2D eigenvalue weighted by Gasteiger charge is 2.40. The van der Waals surface area contributed by atoms with E-state index in [1.54, 1.807) is 0 Å². The van der Waals surface area contributed by atoms with Crippen LogP contribution in [-0.2, 0) is 11.8 Å². The largest absolute Gasteiger partial charge is 0.376 e. The normalized spacial score (nSPS) is 22.3. The second-order valence-corrected chi connectivity index (χ2v) is 7.29. The number of aromatic nitrogens is 1. The van der Waals surface area contributed by atoms with Crippen LogP contribution in [0.5, 0.6) is 0 Å². The molecular formula is C22H22N2O2. The fourth-order valence-corrected chi connectivity index (χ4v) is 4.49. The van der Waals surface area contributed by atoms with Gasteiger partial charge in [0.2, 0.25) is 0 Å².